The highest BCUT2D eigenvalue weighted by atomic mass is 79.9. The van der Waals surface area contributed by atoms with Crippen LogP contribution in [0.5, 0.6) is 0 Å². The van der Waals surface area contributed by atoms with E-state index in [1.165, 1.54) is 4.88 Å². The van der Waals surface area contributed by atoms with Gasteiger partial charge in [-0.05, 0) is 46.7 Å². The first-order valence-corrected chi connectivity index (χ1v) is 7.41. The van der Waals surface area contributed by atoms with Gasteiger partial charge in [0.1, 0.15) is 24.2 Å². The molecule has 1 atom stereocenters. The molecule has 0 aliphatic carbocycles. The zero-order valence-electron chi connectivity index (χ0n) is 10.4. The van der Waals surface area contributed by atoms with Crippen LogP contribution in [0, 0.1) is 0 Å². The molecule has 18 heavy (non-hydrogen) atoms. The third-order valence-electron chi connectivity index (χ3n) is 2.54. The molecule has 0 radical (unpaired) electrons. The van der Waals surface area contributed by atoms with Gasteiger partial charge in [-0.25, -0.2) is 0 Å². The average molecular weight is 330 g/mol. The van der Waals surface area contributed by atoms with Gasteiger partial charge in [0.05, 0.1) is 3.79 Å². The fraction of sp³-hybridized carbons (Fsp3) is 0.385. The molecule has 0 fully saturated rings. The number of furan rings is 1. The maximum atomic E-state index is 5.81. The van der Waals surface area contributed by atoms with Gasteiger partial charge in [0.2, 0.25) is 0 Å². The van der Waals surface area contributed by atoms with Crippen molar-refractivity contribution in [3.63, 3.8) is 0 Å². The summed E-state index contributed by atoms with van der Waals surface area (Å²) in [6, 6.07) is 8.25. The lowest BCUT2D eigenvalue weighted by Gasteiger charge is -2.13. The number of hydrogen-bond acceptors (Lipinski definition) is 4. The molecule has 0 saturated heterocycles. The zero-order valence-corrected chi connectivity index (χ0v) is 12.8. The van der Waals surface area contributed by atoms with Crippen molar-refractivity contribution in [1.29, 1.82) is 0 Å². The summed E-state index contributed by atoms with van der Waals surface area (Å²) in [5.41, 5.74) is 0. The fourth-order valence-corrected chi connectivity index (χ4v) is 3.31. The molecular formula is C13H16BrNO2S. The third kappa shape index (κ3) is 3.23. The molecule has 2 aromatic heterocycles. The molecule has 0 aliphatic heterocycles. The Bertz CT molecular complexity index is 495. The van der Waals surface area contributed by atoms with Gasteiger partial charge in [-0.15, -0.1) is 11.3 Å². The molecule has 0 bridgehead atoms. The van der Waals surface area contributed by atoms with E-state index in [0.717, 1.165) is 21.9 Å². The summed E-state index contributed by atoms with van der Waals surface area (Å²) in [4.78, 5) is 1.24. The Morgan fingerprint density at radius 2 is 2.22 bits per heavy atom. The molecule has 2 rings (SSSR count). The number of hydrogen-bond donors (Lipinski definition) is 1. The van der Waals surface area contributed by atoms with Crippen LogP contribution in [0.2, 0.25) is 0 Å². The first-order chi connectivity index (χ1) is 8.74. The second-order valence-corrected chi connectivity index (χ2v) is 6.36. The minimum Gasteiger partial charge on any atom is -0.462 e. The highest BCUT2D eigenvalue weighted by Crippen LogP contribution is 2.32. The second-order valence-electron chi connectivity index (χ2n) is 3.87. The van der Waals surface area contributed by atoms with E-state index in [-0.39, 0.29) is 6.04 Å². The molecule has 0 aromatic carbocycles. The van der Waals surface area contributed by atoms with Crippen LogP contribution in [0.4, 0.5) is 0 Å². The molecule has 3 nitrogen and oxygen atoms in total. The van der Waals surface area contributed by atoms with E-state index < -0.39 is 0 Å². The van der Waals surface area contributed by atoms with Gasteiger partial charge >= 0.3 is 0 Å². The predicted octanol–water partition coefficient (Wildman–Crippen LogP) is 3.95. The number of rotatable bonds is 6. The Morgan fingerprint density at radius 3 is 2.83 bits per heavy atom. The number of nitrogens with one attached hydrogen (secondary N) is 1. The van der Waals surface area contributed by atoms with Crippen LogP contribution in [0.15, 0.2) is 32.5 Å². The fourth-order valence-electron chi connectivity index (χ4n) is 1.80. The smallest absolute Gasteiger partial charge is 0.129 e. The topological polar surface area (TPSA) is 34.4 Å². The minimum atomic E-state index is 0.108. The highest BCUT2D eigenvalue weighted by Gasteiger charge is 2.18. The van der Waals surface area contributed by atoms with E-state index in [0.29, 0.717) is 6.61 Å². The quantitative estimate of drug-likeness (QED) is 0.871. The van der Waals surface area contributed by atoms with Crippen molar-refractivity contribution in [2.45, 2.75) is 19.6 Å². The monoisotopic (exact) mass is 329 g/mol. The molecule has 1 N–H and O–H groups in total. The van der Waals surface area contributed by atoms with Crippen LogP contribution in [-0.4, -0.2) is 13.7 Å². The van der Waals surface area contributed by atoms with Crippen LogP contribution in [0.25, 0.3) is 0 Å². The predicted molar refractivity (Wildman–Crippen MR) is 77.0 cm³/mol. The SMILES string of the molecule is CCNC(c1ccc(COC)o1)c1ccc(Br)s1. The van der Waals surface area contributed by atoms with Crippen molar-refractivity contribution in [3.05, 3.63) is 44.4 Å². The van der Waals surface area contributed by atoms with Crippen molar-refractivity contribution in [2.75, 3.05) is 13.7 Å². The molecule has 98 valence electrons. The summed E-state index contributed by atoms with van der Waals surface area (Å²) < 4.78 is 12.0. The molecule has 5 heteroatoms. The number of halogens is 1. The summed E-state index contributed by atoms with van der Waals surface area (Å²) in [5, 5.41) is 3.44. The third-order valence-corrected chi connectivity index (χ3v) is 4.23. The Labute approximate surface area is 119 Å². The molecule has 0 amide bonds. The van der Waals surface area contributed by atoms with E-state index >= 15 is 0 Å². The van der Waals surface area contributed by atoms with E-state index in [9.17, 15) is 0 Å². The van der Waals surface area contributed by atoms with Crippen LogP contribution < -0.4 is 5.32 Å². The Balaban J connectivity index is 2.23. The van der Waals surface area contributed by atoms with Crippen LogP contribution in [-0.2, 0) is 11.3 Å². The maximum Gasteiger partial charge on any atom is 0.129 e. The molecule has 2 aromatic rings. The van der Waals surface area contributed by atoms with Crippen molar-refractivity contribution < 1.29 is 9.15 Å². The molecule has 2 heterocycles. The molecule has 0 spiro atoms. The molecule has 0 aliphatic rings. The van der Waals surface area contributed by atoms with E-state index in [2.05, 4.69) is 40.3 Å². The normalized spacial score (nSPS) is 12.8. The summed E-state index contributed by atoms with van der Waals surface area (Å²) in [6.45, 7) is 3.49. The van der Waals surface area contributed by atoms with E-state index in [1.54, 1.807) is 18.4 Å². The maximum absolute atomic E-state index is 5.81. The van der Waals surface area contributed by atoms with Gasteiger partial charge in [0.15, 0.2) is 0 Å². The van der Waals surface area contributed by atoms with Crippen molar-refractivity contribution >= 4 is 27.3 Å². The summed E-state index contributed by atoms with van der Waals surface area (Å²) in [5.74, 6) is 1.78. The lowest BCUT2D eigenvalue weighted by Crippen LogP contribution is -2.20. The van der Waals surface area contributed by atoms with Gasteiger partial charge in [0.25, 0.3) is 0 Å². The first kappa shape index (κ1) is 13.8. The Morgan fingerprint density at radius 1 is 1.39 bits per heavy atom. The average Bonchev–Trinajstić information content (AvgIpc) is 2.96. The van der Waals surface area contributed by atoms with Gasteiger partial charge in [0, 0.05) is 12.0 Å². The Kier molecular flexibility index (Phi) is 5.00. The summed E-state index contributed by atoms with van der Waals surface area (Å²) in [7, 11) is 1.67. The second kappa shape index (κ2) is 6.52. The van der Waals surface area contributed by atoms with Gasteiger partial charge in [-0.1, -0.05) is 6.92 Å². The molecule has 1 unspecified atom stereocenters. The summed E-state index contributed by atoms with van der Waals surface area (Å²) in [6.07, 6.45) is 0. The largest absolute Gasteiger partial charge is 0.462 e. The van der Waals surface area contributed by atoms with E-state index in [1.807, 2.05) is 12.1 Å². The lowest BCUT2D eigenvalue weighted by molar-refractivity contribution is 0.162. The lowest BCUT2D eigenvalue weighted by atomic mass is 10.2. The van der Waals surface area contributed by atoms with Gasteiger partial charge in [-0.3, -0.25) is 0 Å². The first-order valence-electron chi connectivity index (χ1n) is 5.80. The van der Waals surface area contributed by atoms with Crippen LogP contribution in [0.3, 0.4) is 0 Å². The molecule has 0 saturated carbocycles. The van der Waals surface area contributed by atoms with E-state index in [4.69, 9.17) is 9.15 Å². The standard InChI is InChI=1S/C13H16BrNO2S/c1-3-15-13(11-6-7-12(14)18-11)10-5-4-9(17-10)8-16-2/h4-7,13,15H,3,8H2,1-2H3. The zero-order chi connectivity index (χ0) is 13.0. The van der Waals surface area contributed by atoms with Crippen LogP contribution >= 0.6 is 27.3 Å². The number of ether oxygens (including phenoxy) is 1. The van der Waals surface area contributed by atoms with Crippen molar-refractivity contribution in [2.24, 2.45) is 0 Å². The van der Waals surface area contributed by atoms with Gasteiger partial charge in [-0.2, -0.15) is 0 Å². The molecular weight excluding hydrogens is 314 g/mol. The van der Waals surface area contributed by atoms with Crippen molar-refractivity contribution in [1.82, 2.24) is 5.32 Å². The number of methoxy groups -OCH3 is 1. The van der Waals surface area contributed by atoms with Gasteiger partial charge < -0.3 is 14.5 Å². The Hall–Kier alpha value is -0.620. The number of thiophene rings is 1. The summed E-state index contributed by atoms with van der Waals surface area (Å²) >= 11 is 5.21. The van der Waals surface area contributed by atoms with Crippen LogP contribution in [0.1, 0.15) is 29.4 Å². The minimum absolute atomic E-state index is 0.108. The van der Waals surface area contributed by atoms with Crippen molar-refractivity contribution in [3.8, 4) is 0 Å². The highest BCUT2D eigenvalue weighted by molar-refractivity contribution is 9.11.